The maximum absolute atomic E-state index is 8.99. The summed E-state index contributed by atoms with van der Waals surface area (Å²) in [4.78, 5) is 13.2. The van der Waals surface area contributed by atoms with Crippen LogP contribution in [0.5, 0.6) is 0 Å². The van der Waals surface area contributed by atoms with E-state index in [0.717, 1.165) is 30.5 Å². The molecule has 18 heavy (non-hydrogen) atoms. The molecule has 0 saturated carbocycles. The van der Waals surface area contributed by atoms with Crippen LogP contribution < -0.4 is 9.80 Å². The summed E-state index contributed by atoms with van der Waals surface area (Å²) in [5, 5.41) is 8.99. The second-order valence-corrected chi connectivity index (χ2v) is 4.82. The molecule has 1 aliphatic heterocycles. The van der Waals surface area contributed by atoms with E-state index >= 15 is 0 Å². The predicted octanol–water partition coefficient (Wildman–Crippen LogP) is 1.20. The van der Waals surface area contributed by atoms with E-state index < -0.39 is 0 Å². The first-order valence-electron chi connectivity index (χ1n) is 6.63. The van der Waals surface area contributed by atoms with Crippen molar-refractivity contribution in [2.24, 2.45) is 0 Å². The SMILES string of the molecule is Cc1nc(N(C)CCO)cc(N2CCCCC2)n1. The van der Waals surface area contributed by atoms with Crippen LogP contribution in [0.15, 0.2) is 6.07 Å². The summed E-state index contributed by atoms with van der Waals surface area (Å²) in [5.74, 6) is 2.69. The molecule has 1 aromatic rings. The topological polar surface area (TPSA) is 52.5 Å². The Kier molecular flexibility index (Phi) is 4.36. The van der Waals surface area contributed by atoms with Gasteiger partial charge in [-0.05, 0) is 26.2 Å². The Morgan fingerprint density at radius 1 is 1.28 bits per heavy atom. The van der Waals surface area contributed by atoms with E-state index in [1.54, 1.807) is 0 Å². The first-order chi connectivity index (χ1) is 8.70. The molecule has 0 amide bonds. The second kappa shape index (κ2) is 6.00. The van der Waals surface area contributed by atoms with Crippen LogP contribution in [-0.4, -0.2) is 48.4 Å². The third-order valence-electron chi connectivity index (χ3n) is 3.32. The lowest BCUT2D eigenvalue weighted by atomic mass is 10.1. The standard InChI is InChI=1S/C13H22N4O/c1-11-14-12(16(2)8-9-18)10-13(15-11)17-6-4-3-5-7-17/h10,18H,3-9H2,1-2H3. The average molecular weight is 250 g/mol. The molecule has 5 heteroatoms. The van der Waals surface area contributed by atoms with Gasteiger partial charge in [0.1, 0.15) is 17.5 Å². The Labute approximate surface area is 108 Å². The summed E-state index contributed by atoms with van der Waals surface area (Å²) in [6.45, 7) is 4.82. The molecule has 0 aromatic carbocycles. The van der Waals surface area contributed by atoms with Crippen molar-refractivity contribution in [1.29, 1.82) is 0 Å². The van der Waals surface area contributed by atoms with Gasteiger partial charge in [-0.2, -0.15) is 0 Å². The highest BCUT2D eigenvalue weighted by Crippen LogP contribution is 2.21. The smallest absolute Gasteiger partial charge is 0.134 e. The fourth-order valence-corrected chi connectivity index (χ4v) is 2.28. The van der Waals surface area contributed by atoms with E-state index in [2.05, 4.69) is 14.9 Å². The van der Waals surface area contributed by atoms with E-state index in [9.17, 15) is 0 Å². The number of likely N-dealkylation sites (N-methyl/N-ethyl adjacent to an activating group) is 1. The number of aliphatic hydroxyl groups is 1. The van der Waals surface area contributed by atoms with Crippen LogP contribution in [0.1, 0.15) is 25.1 Å². The number of hydrogen-bond donors (Lipinski definition) is 1. The third-order valence-corrected chi connectivity index (χ3v) is 3.32. The van der Waals surface area contributed by atoms with Gasteiger partial charge in [0.2, 0.25) is 0 Å². The molecule has 1 fully saturated rings. The van der Waals surface area contributed by atoms with Crippen molar-refractivity contribution in [1.82, 2.24) is 9.97 Å². The van der Waals surface area contributed by atoms with E-state index in [-0.39, 0.29) is 6.61 Å². The molecule has 0 aliphatic carbocycles. The van der Waals surface area contributed by atoms with Gasteiger partial charge in [0.25, 0.3) is 0 Å². The van der Waals surface area contributed by atoms with Crippen LogP contribution >= 0.6 is 0 Å². The molecule has 2 heterocycles. The molecule has 0 bridgehead atoms. The first-order valence-corrected chi connectivity index (χ1v) is 6.63. The molecule has 1 N–H and O–H groups in total. The maximum atomic E-state index is 8.99. The number of piperidine rings is 1. The lowest BCUT2D eigenvalue weighted by Gasteiger charge is -2.29. The van der Waals surface area contributed by atoms with Crippen molar-refractivity contribution < 1.29 is 5.11 Å². The summed E-state index contributed by atoms with van der Waals surface area (Å²) >= 11 is 0. The number of aromatic nitrogens is 2. The molecule has 5 nitrogen and oxygen atoms in total. The van der Waals surface area contributed by atoms with Crippen molar-refractivity contribution in [3.8, 4) is 0 Å². The zero-order valence-electron chi connectivity index (χ0n) is 11.3. The Bertz CT molecular complexity index is 391. The van der Waals surface area contributed by atoms with Crippen molar-refractivity contribution in [3.63, 3.8) is 0 Å². The minimum atomic E-state index is 0.137. The zero-order valence-corrected chi connectivity index (χ0v) is 11.3. The quantitative estimate of drug-likeness (QED) is 0.870. The summed E-state index contributed by atoms with van der Waals surface area (Å²) in [6, 6.07) is 2.02. The van der Waals surface area contributed by atoms with Gasteiger partial charge in [-0.1, -0.05) is 0 Å². The van der Waals surface area contributed by atoms with Gasteiger partial charge in [0, 0.05) is 32.7 Å². The predicted molar refractivity (Wildman–Crippen MR) is 73.2 cm³/mol. The summed E-state index contributed by atoms with van der Waals surface area (Å²) < 4.78 is 0. The first kappa shape index (κ1) is 13.1. The highest BCUT2D eigenvalue weighted by atomic mass is 16.3. The number of rotatable bonds is 4. The Balaban J connectivity index is 2.19. The highest BCUT2D eigenvalue weighted by molar-refractivity contribution is 5.50. The fourth-order valence-electron chi connectivity index (χ4n) is 2.28. The van der Waals surface area contributed by atoms with Crippen molar-refractivity contribution in [3.05, 3.63) is 11.9 Å². The molecule has 0 atom stereocenters. The van der Waals surface area contributed by atoms with Crippen LogP contribution in [0.2, 0.25) is 0 Å². The van der Waals surface area contributed by atoms with E-state index in [4.69, 9.17) is 5.11 Å². The Morgan fingerprint density at radius 3 is 2.67 bits per heavy atom. The fraction of sp³-hybridized carbons (Fsp3) is 0.692. The molecule has 1 saturated heterocycles. The highest BCUT2D eigenvalue weighted by Gasteiger charge is 2.14. The summed E-state index contributed by atoms with van der Waals surface area (Å²) in [6.07, 6.45) is 3.80. The van der Waals surface area contributed by atoms with Crippen molar-refractivity contribution in [2.75, 3.05) is 43.1 Å². The molecule has 0 spiro atoms. The van der Waals surface area contributed by atoms with Gasteiger partial charge in [-0.15, -0.1) is 0 Å². The van der Waals surface area contributed by atoms with Crippen molar-refractivity contribution >= 4 is 11.6 Å². The Morgan fingerprint density at radius 2 is 2.00 bits per heavy atom. The van der Waals surface area contributed by atoms with Gasteiger partial charge >= 0.3 is 0 Å². The minimum absolute atomic E-state index is 0.137. The van der Waals surface area contributed by atoms with Gasteiger partial charge in [0.05, 0.1) is 6.61 Å². The largest absolute Gasteiger partial charge is 0.395 e. The molecule has 1 aliphatic rings. The van der Waals surface area contributed by atoms with Crippen LogP contribution in [-0.2, 0) is 0 Å². The number of hydrogen-bond acceptors (Lipinski definition) is 5. The lowest BCUT2D eigenvalue weighted by Crippen LogP contribution is -2.31. The van der Waals surface area contributed by atoms with Crippen LogP contribution in [0.25, 0.3) is 0 Å². The molecule has 1 aromatic heterocycles. The van der Waals surface area contributed by atoms with Gasteiger partial charge in [-0.25, -0.2) is 9.97 Å². The lowest BCUT2D eigenvalue weighted by molar-refractivity contribution is 0.304. The van der Waals surface area contributed by atoms with Crippen LogP contribution in [0.3, 0.4) is 0 Å². The summed E-state index contributed by atoms with van der Waals surface area (Å²) in [7, 11) is 1.94. The molecule has 2 rings (SSSR count). The number of aliphatic hydroxyl groups excluding tert-OH is 1. The number of nitrogens with zero attached hydrogens (tertiary/aromatic N) is 4. The van der Waals surface area contributed by atoms with E-state index in [1.165, 1.54) is 19.3 Å². The zero-order chi connectivity index (χ0) is 13.0. The normalized spacial score (nSPS) is 15.8. The minimum Gasteiger partial charge on any atom is -0.395 e. The van der Waals surface area contributed by atoms with Gasteiger partial charge in [-0.3, -0.25) is 0 Å². The monoisotopic (exact) mass is 250 g/mol. The van der Waals surface area contributed by atoms with E-state index in [0.29, 0.717) is 6.54 Å². The molecular formula is C13H22N4O. The van der Waals surface area contributed by atoms with E-state index in [1.807, 2.05) is 24.9 Å². The molecule has 100 valence electrons. The van der Waals surface area contributed by atoms with Crippen molar-refractivity contribution in [2.45, 2.75) is 26.2 Å². The number of anilines is 2. The Hall–Kier alpha value is -1.36. The third kappa shape index (κ3) is 3.10. The van der Waals surface area contributed by atoms with Gasteiger partial charge in [0.15, 0.2) is 0 Å². The number of aryl methyl sites for hydroxylation is 1. The average Bonchev–Trinajstić information content (AvgIpc) is 2.39. The second-order valence-electron chi connectivity index (χ2n) is 4.82. The summed E-state index contributed by atoms with van der Waals surface area (Å²) in [5.41, 5.74) is 0. The van der Waals surface area contributed by atoms with Crippen LogP contribution in [0, 0.1) is 6.92 Å². The van der Waals surface area contributed by atoms with Gasteiger partial charge < -0.3 is 14.9 Å². The molecule has 0 unspecified atom stereocenters. The molecule has 0 radical (unpaired) electrons. The van der Waals surface area contributed by atoms with Crippen LogP contribution in [0.4, 0.5) is 11.6 Å². The maximum Gasteiger partial charge on any atom is 0.134 e. The molecular weight excluding hydrogens is 228 g/mol.